The molecule has 0 aliphatic rings. The van der Waals surface area contributed by atoms with E-state index in [-0.39, 0.29) is 20.1 Å². The van der Waals surface area contributed by atoms with Crippen molar-refractivity contribution in [1.82, 2.24) is 9.80 Å². The van der Waals surface area contributed by atoms with Crippen molar-refractivity contribution in [1.29, 1.82) is 0 Å². The van der Waals surface area contributed by atoms with Crippen LogP contribution in [-0.4, -0.2) is 55.6 Å². The quantitative estimate of drug-likeness (QED) is 0.700. The average molecular weight is 206 g/mol. The van der Waals surface area contributed by atoms with Gasteiger partial charge in [-0.05, 0) is 34.8 Å². The van der Waals surface area contributed by atoms with Gasteiger partial charge in [0.05, 0.1) is 0 Å². The highest BCUT2D eigenvalue weighted by Crippen LogP contribution is 2.08. The maximum absolute atomic E-state index is 11.6. The lowest BCUT2D eigenvalue weighted by molar-refractivity contribution is 0.0290. The summed E-state index contributed by atoms with van der Waals surface area (Å²) in [4.78, 5) is 13.9. The van der Waals surface area contributed by atoms with Gasteiger partial charge < -0.3 is 14.5 Å². The molecule has 0 aliphatic heterocycles. The molecular formula is C10H22N2O2. The second-order valence-corrected chi connectivity index (χ2v) is 4.17. The predicted molar refractivity (Wildman–Crippen MR) is 57.4 cm³/mol. The zero-order valence-corrected chi connectivity index (χ0v) is 9.33. The first kappa shape index (κ1) is 7.51. The van der Waals surface area contributed by atoms with Crippen LogP contribution in [0.1, 0.15) is 26.3 Å². The summed E-state index contributed by atoms with van der Waals surface area (Å²) in [5.74, 6) is 0. The lowest BCUT2D eigenvalue weighted by Gasteiger charge is -2.25. The molecule has 14 heavy (non-hydrogen) atoms. The van der Waals surface area contributed by atoms with Crippen LogP contribution in [0.3, 0.4) is 0 Å². The molecule has 0 saturated carbocycles. The lowest BCUT2D eigenvalue weighted by Crippen LogP contribution is -2.37. The number of amides is 1. The van der Waals surface area contributed by atoms with Crippen LogP contribution in [0, 0.1) is 0 Å². The maximum atomic E-state index is 11.6. The highest BCUT2D eigenvalue weighted by Gasteiger charge is 2.19. The molecule has 0 aromatic carbocycles. The standard InChI is InChI=1S/C10H22N2O2/c1-10(2,3)14-9(13)12(6)8-7-11(4)5/h7-8H2,1-6H3/i4D,5D3. The molecule has 0 unspecified atom stereocenters. The van der Waals surface area contributed by atoms with Gasteiger partial charge in [-0.2, -0.15) is 0 Å². The molecule has 0 aliphatic carbocycles. The zero-order valence-electron chi connectivity index (χ0n) is 13.3. The van der Waals surface area contributed by atoms with E-state index in [1.807, 2.05) is 0 Å². The minimum Gasteiger partial charge on any atom is -0.444 e. The van der Waals surface area contributed by atoms with Crippen LogP contribution < -0.4 is 0 Å². The Hall–Kier alpha value is -0.770. The minimum atomic E-state index is -2.31. The van der Waals surface area contributed by atoms with Crippen LogP contribution in [-0.2, 0) is 4.74 Å². The fourth-order valence-electron chi connectivity index (χ4n) is 0.702. The average Bonchev–Trinajstić information content (AvgIpc) is 2.13. The van der Waals surface area contributed by atoms with Crippen molar-refractivity contribution in [2.75, 3.05) is 34.1 Å². The lowest BCUT2D eigenvalue weighted by atomic mass is 10.2. The van der Waals surface area contributed by atoms with Gasteiger partial charge in [-0.3, -0.25) is 0 Å². The van der Waals surface area contributed by atoms with Gasteiger partial charge in [0.25, 0.3) is 0 Å². The molecule has 84 valence electrons. The summed E-state index contributed by atoms with van der Waals surface area (Å²) in [6.45, 7) is 3.28. The van der Waals surface area contributed by atoms with Crippen molar-refractivity contribution in [3.63, 3.8) is 0 Å². The molecule has 0 heterocycles. The van der Waals surface area contributed by atoms with E-state index in [1.54, 1.807) is 20.8 Å². The van der Waals surface area contributed by atoms with Crippen LogP contribution in [0.4, 0.5) is 4.79 Å². The van der Waals surface area contributed by atoms with E-state index < -0.39 is 18.7 Å². The third-order valence-electron chi connectivity index (χ3n) is 1.41. The van der Waals surface area contributed by atoms with E-state index in [0.717, 1.165) is 4.90 Å². The second-order valence-electron chi connectivity index (χ2n) is 4.17. The number of hydrogen-bond acceptors (Lipinski definition) is 3. The summed E-state index contributed by atoms with van der Waals surface area (Å²) < 4.78 is 33.8. The smallest absolute Gasteiger partial charge is 0.410 e. The van der Waals surface area contributed by atoms with Crippen LogP contribution in [0.25, 0.3) is 0 Å². The minimum absolute atomic E-state index is 0.107. The Morgan fingerprint density at radius 1 is 1.43 bits per heavy atom. The van der Waals surface area contributed by atoms with Crippen molar-refractivity contribution >= 4 is 6.09 Å². The van der Waals surface area contributed by atoms with E-state index in [1.165, 1.54) is 11.9 Å². The molecule has 0 fully saturated rings. The largest absolute Gasteiger partial charge is 0.444 e. The van der Waals surface area contributed by atoms with E-state index in [0.29, 0.717) is 0 Å². The monoisotopic (exact) mass is 206 g/mol. The number of carbonyl (C=O) groups is 1. The van der Waals surface area contributed by atoms with Gasteiger partial charge in [-0.15, -0.1) is 0 Å². The molecule has 0 spiro atoms. The Balaban J connectivity index is 4.25. The first-order chi connectivity index (χ1) is 7.97. The van der Waals surface area contributed by atoms with Crippen molar-refractivity contribution in [2.24, 2.45) is 0 Å². The van der Waals surface area contributed by atoms with E-state index in [4.69, 9.17) is 10.2 Å². The molecule has 0 radical (unpaired) electrons. The predicted octanol–water partition coefficient (Wildman–Crippen LogP) is 1.41. The highest BCUT2D eigenvalue weighted by atomic mass is 16.6. The molecule has 4 heteroatoms. The summed E-state index contributed by atoms with van der Waals surface area (Å²) in [5, 5.41) is 0. The summed E-state index contributed by atoms with van der Waals surface area (Å²) in [5.41, 5.74) is -0.579. The molecule has 4 nitrogen and oxygen atoms in total. The second kappa shape index (κ2) is 5.20. The van der Waals surface area contributed by atoms with Crippen molar-refractivity contribution < 1.29 is 15.0 Å². The number of hydrogen-bond donors (Lipinski definition) is 0. The molecule has 0 saturated heterocycles. The highest BCUT2D eigenvalue weighted by molar-refractivity contribution is 5.67. The van der Waals surface area contributed by atoms with E-state index in [2.05, 4.69) is 0 Å². The third-order valence-corrected chi connectivity index (χ3v) is 1.41. The van der Waals surface area contributed by atoms with Crippen molar-refractivity contribution in [3.8, 4) is 0 Å². The number of likely N-dealkylation sites (N-methyl/N-ethyl adjacent to an activating group) is 2. The third kappa shape index (κ3) is 6.71. The summed E-state index contributed by atoms with van der Waals surface area (Å²) in [6.07, 6.45) is -0.502. The molecule has 0 rings (SSSR count). The van der Waals surface area contributed by atoms with Crippen molar-refractivity contribution in [3.05, 3.63) is 0 Å². The molecule has 1 amide bonds. The molecule has 0 aromatic rings. The topological polar surface area (TPSA) is 32.8 Å². The van der Waals surface area contributed by atoms with Gasteiger partial charge in [0.15, 0.2) is 0 Å². The zero-order chi connectivity index (χ0) is 14.6. The Kier molecular flexibility index (Phi) is 2.79. The first-order valence-electron chi connectivity index (χ1n) is 6.66. The maximum Gasteiger partial charge on any atom is 0.410 e. The Morgan fingerprint density at radius 2 is 2.07 bits per heavy atom. The molecule has 0 atom stereocenters. The molecule has 0 aromatic heterocycles. The van der Waals surface area contributed by atoms with Crippen LogP contribution >= 0.6 is 0 Å². The van der Waals surface area contributed by atoms with Gasteiger partial charge in [-0.25, -0.2) is 4.79 Å². The Bertz CT molecular complexity index is 276. The Morgan fingerprint density at radius 3 is 2.50 bits per heavy atom. The summed E-state index contributed by atoms with van der Waals surface area (Å²) >= 11 is 0. The van der Waals surface area contributed by atoms with E-state index in [9.17, 15) is 4.79 Å². The molecule has 0 bridgehead atoms. The summed E-state index contributed by atoms with van der Waals surface area (Å²) in [7, 11) is 1.20. The first-order valence-corrected chi connectivity index (χ1v) is 4.46. The SMILES string of the molecule is [2H]CN(CCN(C)C(=O)OC(C)(C)C)C([2H])([2H])[2H]. The number of nitrogens with zero attached hydrogens (tertiary/aromatic N) is 2. The van der Waals surface area contributed by atoms with Gasteiger partial charge >= 0.3 is 6.09 Å². The molecule has 0 N–H and O–H groups in total. The van der Waals surface area contributed by atoms with Gasteiger partial charge in [0.2, 0.25) is 0 Å². The number of rotatable bonds is 3. The van der Waals surface area contributed by atoms with E-state index >= 15 is 0 Å². The van der Waals surface area contributed by atoms with Gasteiger partial charge in [0.1, 0.15) is 5.60 Å². The number of carbonyl (C=O) groups excluding carboxylic acids is 1. The fraction of sp³-hybridized carbons (Fsp3) is 0.900. The van der Waals surface area contributed by atoms with Gasteiger partial charge in [0, 0.05) is 25.6 Å². The van der Waals surface area contributed by atoms with Crippen LogP contribution in [0.5, 0.6) is 0 Å². The number of ether oxygens (including phenoxy) is 1. The Labute approximate surface area is 92.4 Å². The summed E-state index contributed by atoms with van der Waals surface area (Å²) in [6, 6.07) is 0. The molecular weight excluding hydrogens is 180 g/mol. The van der Waals surface area contributed by atoms with Crippen molar-refractivity contribution in [2.45, 2.75) is 26.4 Å². The fourth-order valence-corrected chi connectivity index (χ4v) is 0.702. The van der Waals surface area contributed by atoms with Crippen LogP contribution in [0.15, 0.2) is 0 Å². The van der Waals surface area contributed by atoms with Gasteiger partial charge in [-0.1, -0.05) is 0 Å². The van der Waals surface area contributed by atoms with Crippen LogP contribution in [0.2, 0.25) is 0 Å². The normalized spacial score (nSPS) is 16.6.